The zero-order chi connectivity index (χ0) is 32.1. The van der Waals surface area contributed by atoms with Crippen molar-refractivity contribution in [1.82, 2.24) is 9.80 Å². The third-order valence-corrected chi connectivity index (χ3v) is 10.4. The minimum atomic E-state index is -4.48. The van der Waals surface area contributed by atoms with Gasteiger partial charge in [-0.25, -0.2) is 9.18 Å². The van der Waals surface area contributed by atoms with Crippen LogP contribution in [0.4, 0.5) is 23.2 Å². The molecule has 0 radical (unpaired) electrons. The molecule has 3 aliphatic heterocycles. The molecule has 1 saturated carbocycles. The highest BCUT2D eigenvalue weighted by Gasteiger charge is 2.51. The van der Waals surface area contributed by atoms with E-state index in [1.807, 2.05) is 22.6 Å². The lowest BCUT2D eigenvalue weighted by Crippen LogP contribution is -2.58. The van der Waals surface area contributed by atoms with Crippen molar-refractivity contribution in [3.8, 4) is 5.75 Å². The average Bonchev–Trinajstić information content (AvgIpc) is 3.87. The van der Waals surface area contributed by atoms with E-state index in [2.05, 4.69) is 16.7 Å². The fourth-order valence-corrected chi connectivity index (χ4v) is 7.84. The normalized spacial score (nSPS) is 25.8. The van der Waals surface area contributed by atoms with Crippen LogP contribution in [0, 0.1) is 15.3 Å². The zero-order valence-electron chi connectivity index (χ0n) is 25.2. The van der Waals surface area contributed by atoms with Crippen LogP contribution in [0.3, 0.4) is 0 Å². The maximum Gasteiger partial charge on any atom is 0.416 e. The summed E-state index contributed by atoms with van der Waals surface area (Å²) in [5.74, 6) is -0.806. The van der Waals surface area contributed by atoms with Gasteiger partial charge in [-0.15, -0.1) is 0 Å². The van der Waals surface area contributed by atoms with Crippen molar-refractivity contribution in [2.75, 3.05) is 45.0 Å². The van der Waals surface area contributed by atoms with E-state index in [-0.39, 0.29) is 49.2 Å². The maximum absolute atomic E-state index is 14.2. The number of ether oxygens (including phenoxy) is 3. The second-order valence-corrected chi connectivity index (χ2v) is 13.7. The minimum Gasteiger partial charge on any atom is -0.472 e. The molecule has 13 heteroatoms. The van der Waals surface area contributed by atoms with Gasteiger partial charge in [-0.05, 0) is 91.4 Å². The molecular weight excluding hydrogens is 709 g/mol. The monoisotopic (exact) mass is 745 g/mol. The third kappa shape index (κ3) is 6.62. The van der Waals surface area contributed by atoms with Crippen molar-refractivity contribution in [2.24, 2.45) is 5.92 Å². The number of carbonyl (C=O) groups excluding carboxylic acids is 2. The topological polar surface area (TPSA) is 71.6 Å². The van der Waals surface area contributed by atoms with Crippen molar-refractivity contribution in [3.63, 3.8) is 0 Å². The van der Waals surface area contributed by atoms with Crippen LogP contribution in [0.15, 0.2) is 30.3 Å². The lowest BCUT2D eigenvalue weighted by atomic mass is 9.83. The number of alkyl halides is 3. The summed E-state index contributed by atoms with van der Waals surface area (Å²) in [4.78, 5) is 31.6. The molecule has 244 valence electrons. The molecule has 0 aromatic heterocycles. The second kappa shape index (κ2) is 12.5. The van der Waals surface area contributed by atoms with E-state index in [0.717, 1.165) is 56.6 Å². The molecule has 3 heterocycles. The first-order chi connectivity index (χ1) is 21.4. The van der Waals surface area contributed by atoms with Crippen LogP contribution in [0.25, 0.3) is 0 Å². The SMILES string of the molecule is COC(=O)c1cc(N2CCN([C@@H]3CC[C@@](CC(=O)N4COc5c(I)cc(C(F)(F)F)cc5C4)(C4CC4)OC3)C[C@@H]2C)ccc1F. The molecule has 2 saturated heterocycles. The average molecular weight is 746 g/mol. The first-order valence-corrected chi connectivity index (χ1v) is 16.3. The Morgan fingerprint density at radius 2 is 1.91 bits per heavy atom. The molecule has 2 aromatic carbocycles. The number of anilines is 1. The number of hydrogen-bond donors (Lipinski definition) is 0. The second-order valence-electron chi connectivity index (χ2n) is 12.5. The first-order valence-electron chi connectivity index (χ1n) is 15.2. The summed E-state index contributed by atoms with van der Waals surface area (Å²) in [7, 11) is 1.23. The fraction of sp³-hybridized carbons (Fsp3) is 0.562. The lowest BCUT2D eigenvalue weighted by molar-refractivity contribution is -0.157. The van der Waals surface area contributed by atoms with Crippen LogP contribution in [0.1, 0.15) is 60.5 Å². The molecule has 45 heavy (non-hydrogen) atoms. The van der Waals surface area contributed by atoms with E-state index < -0.39 is 29.1 Å². The Labute approximate surface area is 273 Å². The van der Waals surface area contributed by atoms with Crippen LogP contribution in [0.2, 0.25) is 0 Å². The quantitative estimate of drug-likeness (QED) is 0.209. The number of benzene rings is 2. The number of rotatable bonds is 6. The fourth-order valence-electron chi connectivity index (χ4n) is 7.01. The molecule has 1 aliphatic carbocycles. The Morgan fingerprint density at radius 1 is 1.13 bits per heavy atom. The van der Waals surface area contributed by atoms with Gasteiger partial charge in [0.25, 0.3) is 0 Å². The molecule has 0 bridgehead atoms. The van der Waals surface area contributed by atoms with Gasteiger partial charge in [-0.2, -0.15) is 13.2 Å². The van der Waals surface area contributed by atoms with Gasteiger partial charge >= 0.3 is 12.1 Å². The summed E-state index contributed by atoms with van der Waals surface area (Å²) in [5.41, 5.74) is -0.295. The first kappa shape index (κ1) is 32.3. The number of nitrogens with zero attached hydrogens (tertiary/aromatic N) is 3. The van der Waals surface area contributed by atoms with Crippen molar-refractivity contribution in [3.05, 3.63) is 56.4 Å². The van der Waals surface area contributed by atoms with Crippen LogP contribution >= 0.6 is 22.6 Å². The standard InChI is InChI=1S/C32H36F4IN3O5/c1-19-15-38(9-10-40(19)23-5-6-26(33)25(13-23)30(42)43-2)24-7-8-31(45-17-24,21-3-4-21)14-28(41)39-16-20-11-22(32(34,35)36)12-27(37)29(20)44-18-39/h5-6,11-13,19,21,24H,3-4,7-10,14-18H2,1-2H3/t19-,24+,31+/m0/s1. The summed E-state index contributed by atoms with van der Waals surface area (Å²) in [6.45, 7) is 4.87. The Balaban J connectivity index is 1.07. The highest BCUT2D eigenvalue weighted by atomic mass is 127. The van der Waals surface area contributed by atoms with Crippen molar-refractivity contribution >= 4 is 40.2 Å². The molecule has 0 N–H and O–H groups in total. The van der Waals surface area contributed by atoms with E-state index in [9.17, 15) is 27.2 Å². The third-order valence-electron chi connectivity index (χ3n) is 9.62. The number of esters is 1. The number of amides is 1. The van der Waals surface area contributed by atoms with Gasteiger partial charge < -0.3 is 24.0 Å². The van der Waals surface area contributed by atoms with Gasteiger partial charge in [0.05, 0.1) is 47.0 Å². The smallest absolute Gasteiger partial charge is 0.416 e. The highest BCUT2D eigenvalue weighted by Crippen LogP contribution is 2.49. The Bertz CT molecular complexity index is 1460. The molecule has 4 aliphatic rings. The Morgan fingerprint density at radius 3 is 2.56 bits per heavy atom. The largest absolute Gasteiger partial charge is 0.472 e. The maximum atomic E-state index is 14.2. The predicted octanol–water partition coefficient (Wildman–Crippen LogP) is 5.84. The molecule has 2 aromatic rings. The number of halogens is 5. The van der Waals surface area contributed by atoms with Gasteiger partial charge in [0.2, 0.25) is 5.91 Å². The minimum absolute atomic E-state index is 0.00604. The Hall–Kier alpha value is -2.65. The summed E-state index contributed by atoms with van der Waals surface area (Å²) < 4.78 is 71.9. The van der Waals surface area contributed by atoms with E-state index in [1.54, 1.807) is 12.1 Å². The molecular formula is C32H36F4IN3O5. The van der Waals surface area contributed by atoms with Gasteiger partial charge in [-0.1, -0.05) is 0 Å². The van der Waals surface area contributed by atoms with Crippen molar-refractivity contribution in [1.29, 1.82) is 0 Å². The molecule has 0 spiro atoms. The number of hydrogen-bond acceptors (Lipinski definition) is 7. The number of carbonyl (C=O) groups is 2. The number of methoxy groups -OCH3 is 1. The molecule has 1 amide bonds. The van der Waals surface area contributed by atoms with Crippen molar-refractivity contribution < 1.29 is 41.4 Å². The van der Waals surface area contributed by atoms with Crippen LogP contribution in [-0.2, 0) is 27.0 Å². The van der Waals surface area contributed by atoms with E-state index in [4.69, 9.17) is 14.2 Å². The van der Waals surface area contributed by atoms with Gasteiger partial charge in [0, 0.05) is 43.0 Å². The van der Waals surface area contributed by atoms with E-state index in [1.165, 1.54) is 18.1 Å². The summed E-state index contributed by atoms with van der Waals surface area (Å²) in [5, 5.41) is 0. The number of fused-ring (bicyclic) bond motifs is 1. The summed E-state index contributed by atoms with van der Waals surface area (Å²) in [6, 6.07) is 6.95. The van der Waals surface area contributed by atoms with Crippen LogP contribution in [0.5, 0.6) is 5.75 Å². The highest BCUT2D eigenvalue weighted by molar-refractivity contribution is 14.1. The van der Waals surface area contributed by atoms with Gasteiger partial charge in [0.15, 0.2) is 6.73 Å². The lowest BCUT2D eigenvalue weighted by Gasteiger charge is -2.48. The van der Waals surface area contributed by atoms with E-state index in [0.29, 0.717) is 28.0 Å². The Kier molecular flexibility index (Phi) is 8.98. The predicted molar refractivity (Wildman–Crippen MR) is 165 cm³/mol. The molecule has 6 rings (SSSR count). The van der Waals surface area contributed by atoms with Crippen molar-refractivity contribution in [2.45, 2.75) is 69.4 Å². The summed E-state index contributed by atoms with van der Waals surface area (Å²) in [6.07, 6.45) is -0.729. The molecule has 0 unspecified atom stereocenters. The van der Waals surface area contributed by atoms with E-state index >= 15 is 0 Å². The summed E-state index contributed by atoms with van der Waals surface area (Å²) >= 11 is 1.84. The zero-order valence-corrected chi connectivity index (χ0v) is 27.3. The molecule has 3 fully saturated rings. The number of piperazine rings is 1. The van der Waals surface area contributed by atoms with Gasteiger partial charge in [0.1, 0.15) is 11.6 Å². The molecule has 3 atom stereocenters. The molecule has 8 nitrogen and oxygen atoms in total. The van der Waals surface area contributed by atoms with Crippen LogP contribution < -0.4 is 9.64 Å². The van der Waals surface area contributed by atoms with Gasteiger partial charge in [-0.3, -0.25) is 9.69 Å². The van der Waals surface area contributed by atoms with Crippen LogP contribution in [-0.4, -0.2) is 79.4 Å².